The molecule has 0 aromatic heterocycles. The molecule has 0 bridgehead atoms. The number of hydrogen-bond donors (Lipinski definition) is 2. The van der Waals surface area contributed by atoms with E-state index in [-0.39, 0.29) is 6.04 Å². The summed E-state index contributed by atoms with van der Waals surface area (Å²) in [5.41, 5.74) is 11.3. The van der Waals surface area contributed by atoms with Gasteiger partial charge in [-0.05, 0) is 13.8 Å². The van der Waals surface area contributed by atoms with Gasteiger partial charge < -0.3 is 11.5 Å². The summed E-state index contributed by atoms with van der Waals surface area (Å²) >= 11 is 0. The molecule has 4 N–H and O–H groups in total. The van der Waals surface area contributed by atoms with Gasteiger partial charge in [0.15, 0.2) is 0 Å². The fourth-order valence-electron chi connectivity index (χ4n) is 2.10. The summed E-state index contributed by atoms with van der Waals surface area (Å²) < 4.78 is 0. The first-order valence-electron chi connectivity index (χ1n) is 5.55. The van der Waals surface area contributed by atoms with Crippen LogP contribution in [0, 0.1) is 0 Å². The van der Waals surface area contributed by atoms with Crippen molar-refractivity contribution in [2.75, 3.05) is 39.3 Å². The number of piperazine rings is 1. The van der Waals surface area contributed by atoms with E-state index in [1.807, 2.05) is 0 Å². The minimum Gasteiger partial charge on any atom is -0.329 e. The number of rotatable bonds is 4. The van der Waals surface area contributed by atoms with Gasteiger partial charge in [-0.2, -0.15) is 0 Å². The number of nitrogens with two attached hydrogens (primary N) is 2. The standard InChI is InChI=1S/C10H24N4/c1-9(12)7-14-6-5-13(4-3-11)8-10(14)2/h9-10H,3-8,11-12H2,1-2H3. The van der Waals surface area contributed by atoms with Crippen molar-refractivity contribution in [3.63, 3.8) is 0 Å². The van der Waals surface area contributed by atoms with Gasteiger partial charge in [0.25, 0.3) is 0 Å². The minimum absolute atomic E-state index is 0.276. The molecule has 0 aromatic carbocycles. The highest BCUT2D eigenvalue weighted by Gasteiger charge is 2.23. The van der Waals surface area contributed by atoms with Gasteiger partial charge in [0.2, 0.25) is 0 Å². The van der Waals surface area contributed by atoms with Gasteiger partial charge in [-0.25, -0.2) is 0 Å². The lowest BCUT2D eigenvalue weighted by molar-refractivity contribution is 0.0820. The zero-order valence-electron chi connectivity index (χ0n) is 9.45. The first-order chi connectivity index (χ1) is 6.63. The second-order valence-electron chi connectivity index (χ2n) is 4.41. The maximum absolute atomic E-state index is 5.80. The van der Waals surface area contributed by atoms with E-state index in [9.17, 15) is 0 Å². The molecule has 1 saturated heterocycles. The molecule has 0 radical (unpaired) electrons. The molecule has 0 spiro atoms. The highest BCUT2D eigenvalue weighted by atomic mass is 15.3. The molecule has 1 heterocycles. The Morgan fingerprint density at radius 1 is 1.43 bits per heavy atom. The average Bonchev–Trinajstić information content (AvgIpc) is 2.10. The van der Waals surface area contributed by atoms with E-state index in [1.165, 1.54) is 0 Å². The Morgan fingerprint density at radius 3 is 2.64 bits per heavy atom. The quantitative estimate of drug-likeness (QED) is 0.630. The van der Waals surface area contributed by atoms with Crippen LogP contribution in [0.5, 0.6) is 0 Å². The molecule has 1 aliphatic heterocycles. The molecule has 1 aliphatic rings. The number of nitrogens with zero attached hydrogens (tertiary/aromatic N) is 2. The summed E-state index contributed by atoms with van der Waals surface area (Å²) in [6.45, 7) is 10.5. The van der Waals surface area contributed by atoms with Crippen LogP contribution in [0.3, 0.4) is 0 Å². The SMILES string of the molecule is CC(N)CN1CCN(CCN)CC1C. The Bertz CT molecular complexity index is 160. The summed E-state index contributed by atoms with van der Waals surface area (Å²) in [5.74, 6) is 0. The second kappa shape index (κ2) is 5.66. The topological polar surface area (TPSA) is 58.5 Å². The summed E-state index contributed by atoms with van der Waals surface area (Å²) in [7, 11) is 0. The molecule has 14 heavy (non-hydrogen) atoms. The molecular weight excluding hydrogens is 176 g/mol. The van der Waals surface area contributed by atoms with Gasteiger partial charge in [0.1, 0.15) is 0 Å². The Morgan fingerprint density at radius 2 is 2.14 bits per heavy atom. The van der Waals surface area contributed by atoms with Crippen molar-refractivity contribution in [3.05, 3.63) is 0 Å². The first-order valence-corrected chi connectivity index (χ1v) is 5.55. The Labute approximate surface area is 87.2 Å². The molecule has 1 rings (SSSR count). The van der Waals surface area contributed by atoms with Crippen molar-refractivity contribution >= 4 is 0 Å². The van der Waals surface area contributed by atoms with Crippen LogP contribution < -0.4 is 11.5 Å². The van der Waals surface area contributed by atoms with E-state index in [2.05, 4.69) is 23.6 Å². The molecule has 0 amide bonds. The maximum Gasteiger partial charge on any atom is 0.0196 e. The Kier molecular flexibility index (Phi) is 4.81. The summed E-state index contributed by atoms with van der Waals surface area (Å²) in [6.07, 6.45) is 0. The fourth-order valence-corrected chi connectivity index (χ4v) is 2.10. The normalized spacial score (nSPS) is 27.9. The van der Waals surface area contributed by atoms with Gasteiger partial charge in [0.05, 0.1) is 0 Å². The third kappa shape index (κ3) is 3.53. The summed E-state index contributed by atoms with van der Waals surface area (Å²) in [5, 5.41) is 0. The van der Waals surface area contributed by atoms with E-state index < -0.39 is 0 Å². The van der Waals surface area contributed by atoms with Crippen molar-refractivity contribution in [1.82, 2.24) is 9.80 Å². The van der Waals surface area contributed by atoms with Crippen LogP contribution in [0.15, 0.2) is 0 Å². The maximum atomic E-state index is 5.80. The molecule has 2 unspecified atom stereocenters. The predicted molar refractivity (Wildman–Crippen MR) is 60.2 cm³/mol. The van der Waals surface area contributed by atoms with Crippen LogP contribution in [0.4, 0.5) is 0 Å². The molecule has 84 valence electrons. The molecule has 0 saturated carbocycles. The van der Waals surface area contributed by atoms with Gasteiger partial charge in [-0.15, -0.1) is 0 Å². The van der Waals surface area contributed by atoms with Crippen molar-refractivity contribution < 1.29 is 0 Å². The third-order valence-electron chi connectivity index (χ3n) is 2.82. The molecule has 1 fully saturated rings. The third-order valence-corrected chi connectivity index (χ3v) is 2.82. The zero-order valence-corrected chi connectivity index (χ0v) is 9.45. The van der Waals surface area contributed by atoms with E-state index in [0.29, 0.717) is 6.04 Å². The van der Waals surface area contributed by atoms with Crippen LogP contribution in [0.25, 0.3) is 0 Å². The fraction of sp³-hybridized carbons (Fsp3) is 1.00. The van der Waals surface area contributed by atoms with Crippen LogP contribution >= 0.6 is 0 Å². The van der Waals surface area contributed by atoms with Gasteiger partial charge in [-0.1, -0.05) is 0 Å². The van der Waals surface area contributed by atoms with Gasteiger partial charge in [-0.3, -0.25) is 9.80 Å². The minimum atomic E-state index is 0.276. The van der Waals surface area contributed by atoms with E-state index in [4.69, 9.17) is 11.5 Å². The predicted octanol–water partition coefficient (Wildman–Crippen LogP) is -0.702. The monoisotopic (exact) mass is 200 g/mol. The second-order valence-corrected chi connectivity index (χ2v) is 4.41. The molecule has 0 aromatic rings. The van der Waals surface area contributed by atoms with E-state index >= 15 is 0 Å². The number of hydrogen-bond acceptors (Lipinski definition) is 4. The summed E-state index contributed by atoms with van der Waals surface area (Å²) in [6, 6.07) is 0.889. The highest BCUT2D eigenvalue weighted by molar-refractivity contribution is 4.80. The van der Waals surface area contributed by atoms with Crippen molar-refractivity contribution in [1.29, 1.82) is 0 Å². The van der Waals surface area contributed by atoms with Crippen LogP contribution in [0.1, 0.15) is 13.8 Å². The smallest absolute Gasteiger partial charge is 0.0196 e. The molecule has 2 atom stereocenters. The van der Waals surface area contributed by atoms with Crippen LogP contribution in [-0.4, -0.2) is 61.2 Å². The molecule has 0 aliphatic carbocycles. The molecular formula is C10H24N4. The zero-order chi connectivity index (χ0) is 10.6. The van der Waals surface area contributed by atoms with Crippen LogP contribution in [0.2, 0.25) is 0 Å². The molecule has 4 heteroatoms. The lowest BCUT2D eigenvalue weighted by atomic mass is 10.1. The van der Waals surface area contributed by atoms with Crippen molar-refractivity contribution in [2.45, 2.75) is 25.9 Å². The van der Waals surface area contributed by atoms with Gasteiger partial charge >= 0.3 is 0 Å². The summed E-state index contributed by atoms with van der Waals surface area (Å²) in [4.78, 5) is 4.90. The average molecular weight is 200 g/mol. The first kappa shape index (κ1) is 11.9. The Hall–Kier alpha value is -0.160. The van der Waals surface area contributed by atoms with E-state index in [0.717, 1.165) is 39.3 Å². The highest BCUT2D eigenvalue weighted by Crippen LogP contribution is 2.08. The van der Waals surface area contributed by atoms with Crippen molar-refractivity contribution in [2.24, 2.45) is 11.5 Å². The van der Waals surface area contributed by atoms with E-state index in [1.54, 1.807) is 0 Å². The lowest BCUT2D eigenvalue weighted by Gasteiger charge is -2.40. The molecule has 4 nitrogen and oxygen atoms in total. The van der Waals surface area contributed by atoms with Crippen molar-refractivity contribution in [3.8, 4) is 0 Å². The van der Waals surface area contributed by atoms with Crippen LogP contribution in [-0.2, 0) is 0 Å². The largest absolute Gasteiger partial charge is 0.329 e. The van der Waals surface area contributed by atoms with Gasteiger partial charge in [0, 0.05) is 51.4 Å². The lowest BCUT2D eigenvalue weighted by Crippen LogP contribution is -2.54. The Balaban J connectivity index is 2.32.